The van der Waals surface area contributed by atoms with Crippen LogP contribution in [0, 0.1) is 0 Å². The summed E-state index contributed by atoms with van der Waals surface area (Å²) in [5.41, 5.74) is 9.57. The first kappa shape index (κ1) is 14.1. The molecule has 0 unspecified atom stereocenters. The third kappa shape index (κ3) is 3.16. The minimum Gasteiger partial charge on any atom is -0.339 e. The molecule has 0 aliphatic carbocycles. The fourth-order valence-electron chi connectivity index (χ4n) is 2.29. The van der Waals surface area contributed by atoms with Gasteiger partial charge in [-0.1, -0.05) is 17.2 Å². The van der Waals surface area contributed by atoms with Gasteiger partial charge in [0.05, 0.1) is 0 Å². The highest BCUT2D eigenvalue weighted by atomic mass is 16.2. The van der Waals surface area contributed by atoms with E-state index in [1.165, 1.54) is 6.92 Å². The predicted octanol–water partition coefficient (Wildman–Crippen LogP) is 2.80. The molecule has 1 saturated heterocycles. The van der Waals surface area contributed by atoms with Crippen LogP contribution in [0.3, 0.4) is 0 Å². The minimum absolute atomic E-state index is 0.0101. The van der Waals surface area contributed by atoms with E-state index >= 15 is 0 Å². The van der Waals surface area contributed by atoms with Crippen molar-refractivity contribution in [2.45, 2.75) is 25.8 Å². The summed E-state index contributed by atoms with van der Waals surface area (Å²) < 4.78 is 0. The van der Waals surface area contributed by atoms with E-state index in [1.54, 1.807) is 29.2 Å². The summed E-state index contributed by atoms with van der Waals surface area (Å²) in [6.45, 7) is 2.69. The Bertz CT molecular complexity index is 553. The molecule has 20 heavy (non-hydrogen) atoms. The molecule has 1 amide bonds. The molecule has 1 heterocycles. The molecule has 0 atom stereocenters. The molecule has 1 aliphatic heterocycles. The molecule has 2 rings (SSSR count). The van der Waals surface area contributed by atoms with Gasteiger partial charge < -0.3 is 4.90 Å². The maximum Gasteiger partial charge on any atom is 0.253 e. The van der Waals surface area contributed by atoms with E-state index in [4.69, 9.17) is 5.53 Å². The molecule has 6 heteroatoms. The fraction of sp³-hybridized carbons (Fsp3) is 0.429. The number of Topliss-reactive ketones (excluding diaryl/α,β-unsaturated/α-hetero) is 1. The Morgan fingerprint density at radius 3 is 2.25 bits per heavy atom. The minimum atomic E-state index is -0.0421. The summed E-state index contributed by atoms with van der Waals surface area (Å²) in [6.07, 6.45) is 1.39. The third-order valence-electron chi connectivity index (χ3n) is 3.51. The number of amides is 1. The molecule has 1 fully saturated rings. The van der Waals surface area contributed by atoms with Crippen LogP contribution in [0.2, 0.25) is 0 Å². The number of likely N-dealkylation sites (tertiary alicyclic amines) is 1. The van der Waals surface area contributed by atoms with Gasteiger partial charge in [0.1, 0.15) is 0 Å². The number of carbonyl (C=O) groups is 2. The molecule has 6 nitrogen and oxygen atoms in total. The topological polar surface area (TPSA) is 86.1 Å². The summed E-state index contributed by atoms with van der Waals surface area (Å²) in [6, 6.07) is 6.69. The summed E-state index contributed by atoms with van der Waals surface area (Å²) in [5.74, 6) is -0.0568. The number of nitrogens with zero attached hydrogens (tertiary/aromatic N) is 4. The fourth-order valence-corrected chi connectivity index (χ4v) is 2.29. The van der Waals surface area contributed by atoms with Crippen molar-refractivity contribution >= 4 is 11.7 Å². The third-order valence-corrected chi connectivity index (χ3v) is 3.51. The van der Waals surface area contributed by atoms with Gasteiger partial charge >= 0.3 is 0 Å². The van der Waals surface area contributed by atoms with Crippen molar-refractivity contribution in [2.75, 3.05) is 13.1 Å². The Morgan fingerprint density at radius 2 is 1.75 bits per heavy atom. The lowest BCUT2D eigenvalue weighted by Gasteiger charge is -2.30. The van der Waals surface area contributed by atoms with Crippen molar-refractivity contribution in [3.63, 3.8) is 0 Å². The van der Waals surface area contributed by atoms with Gasteiger partial charge in [-0.3, -0.25) is 9.59 Å². The Balaban J connectivity index is 2.01. The number of rotatable bonds is 3. The number of piperidine rings is 1. The molecule has 0 aromatic heterocycles. The van der Waals surface area contributed by atoms with E-state index < -0.39 is 0 Å². The van der Waals surface area contributed by atoms with E-state index in [0.717, 1.165) is 0 Å². The Hall–Kier alpha value is -2.33. The van der Waals surface area contributed by atoms with Crippen LogP contribution in [0.4, 0.5) is 0 Å². The lowest BCUT2D eigenvalue weighted by Crippen LogP contribution is -2.39. The van der Waals surface area contributed by atoms with Crippen molar-refractivity contribution in [1.29, 1.82) is 0 Å². The summed E-state index contributed by atoms with van der Waals surface area (Å²) >= 11 is 0. The zero-order valence-electron chi connectivity index (χ0n) is 11.3. The van der Waals surface area contributed by atoms with Crippen LogP contribution in [0.25, 0.3) is 10.4 Å². The standard InChI is InChI=1S/C14H16N4O2/c1-10(19)11-2-4-12(5-3-11)14(20)18-8-6-13(7-9-18)16-17-15/h2-5,13H,6-9H2,1H3. The van der Waals surface area contributed by atoms with Crippen molar-refractivity contribution in [3.05, 3.63) is 45.8 Å². The first-order chi connectivity index (χ1) is 9.61. The molecule has 1 aromatic rings. The van der Waals surface area contributed by atoms with E-state index in [-0.39, 0.29) is 17.7 Å². The van der Waals surface area contributed by atoms with Gasteiger partial charge in [0, 0.05) is 35.2 Å². The van der Waals surface area contributed by atoms with Crippen LogP contribution < -0.4 is 0 Å². The second-order valence-corrected chi connectivity index (χ2v) is 4.86. The SMILES string of the molecule is CC(=O)c1ccc(C(=O)N2CCC(N=[N+]=[N-])CC2)cc1. The number of hydrogen-bond acceptors (Lipinski definition) is 3. The van der Waals surface area contributed by atoms with E-state index in [9.17, 15) is 9.59 Å². The Kier molecular flexibility index (Phi) is 4.38. The van der Waals surface area contributed by atoms with E-state index in [2.05, 4.69) is 10.0 Å². The van der Waals surface area contributed by atoms with E-state index in [1.807, 2.05) is 0 Å². The van der Waals surface area contributed by atoms with Gasteiger partial charge in [0.15, 0.2) is 5.78 Å². The molecule has 1 aliphatic rings. The maximum absolute atomic E-state index is 12.3. The zero-order chi connectivity index (χ0) is 14.5. The number of ketones is 1. The van der Waals surface area contributed by atoms with Gasteiger partial charge in [-0.15, -0.1) is 0 Å². The molecule has 0 bridgehead atoms. The Labute approximate surface area is 117 Å². The van der Waals surface area contributed by atoms with Crippen molar-refractivity contribution < 1.29 is 9.59 Å². The second-order valence-electron chi connectivity index (χ2n) is 4.86. The maximum atomic E-state index is 12.3. The number of azide groups is 1. The molecule has 0 radical (unpaired) electrons. The van der Waals surface area contributed by atoms with Crippen molar-refractivity contribution in [2.24, 2.45) is 5.11 Å². The largest absolute Gasteiger partial charge is 0.339 e. The first-order valence-corrected chi connectivity index (χ1v) is 6.56. The van der Waals surface area contributed by atoms with Crippen LogP contribution >= 0.6 is 0 Å². The van der Waals surface area contributed by atoms with Crippen molar-refractivity contribution in [1.82, 2.24) is 4.90 Å². The second kappa shape index (κ2) is 6.21. The number of carbonyl (C=O) groups excluding carboxylic acids is 2. The van der Waals surface area contributed by atoms with Crippen LogP contribution in [0.1, 0.15) is 40.5 Å². The molecule has 104 valence electrons. The molecular formula is C14H16N4O2. The molecular weight excluding hydrogens is 256 g/mol. The normalized spacial score (nSPS) is 15.6. The lowest BCUT2D eigenvalue weighted by atomic mass is 10.0. The lowest BCUT2D eigenvalue weighted by molar-refractivity contribution is 0.0714. The quantitative estimate of drug-likeness (QED) is 0.366. The average molecular weight is 272 g/mol. The van der Waals surface area contributed by atoms with Gasteiger partial charge in [-0.25, -0.2) is 0 Å². The molecule has 0 spiro atoms. The van der Waals surface area contributed by atoms with Gasteiger partial charge in [0.2, 0.25) is 0 Å². The van der Waals surface area contributed by atoms with Crippen LogP contribution in [-0.4, -0.2) is 35.7 Å². The molecule has 0 N–H and O–H groups in total. The van der Waals surface area contributed by atoms with Gasteiger partial charge in [0.25, 0.3) is 5.91 Å². The van der Waals surface area contributed by atoms with Crippen LogP contribution in [0.5, 0.6) is 0 Å². The summed E-state index contributed by atoms with van der Waals surface area (Å²) in [7, 11) is 0. The molecule has 1 aromatic carbocycles. The van der Waals surface area contributed by atoms with Crippen LogP contribution in [-0.2, 0) is 0 Å². The highest BCUT2D eigenvalue weighted by Crippen LogP contribution is 2.17. The highest BCUT2D eigenvalue weighted by Gasteiger charge is 2.22. The van der Waals surface area contributed by atoms with Gasteiger partial charge in [-0.2, -0.15) is 0 Å². The number of benzene rings is 1. The predicted molar refractivity (Wildman–Crippen MR) is 74.5 cm³/mol. The first-order valence-electron chi connectivity index (χ1n) is 6.56. The average Bonchev–Trinajstić information content (AvgIpc) is 2.48. The summed E-state index contributed by atoms with van der Waals surface area (Å²) in [5, 5.41) is 3.69. The van der Waals surface area contributed by atoms with E-state index in [0.29, 0.717) is 37.1 Å². The van der Waals surface area contributed by atoms with Crippen molar-refractivity contribution in [3.8, 4) is 0 Å². The number of hydrogen-bond donors (Lipinski definition) is 0. The van der Waals surface area contributed by atoms with Crippen LogP contribution in [0.15, 0.2) is 29.4 Å². The van der Waals surface area contributed by atoms with Gasteiger partial charge in [-0.05, 0) is 37.4 Å². The summed E-state index contributed by atoms with van der Waals surface area (Å²) in [4.78, 5) is 28.0. The zero-order valence-corrected chi connectivity index (χ0v) is 11.3. The smallest absolute Gasteiger partial charge is 0.253 e. The highest BCUT2D eigenvalue weighted by molar-refractivity contribution is 5.97. The monoisotopic (exact) mass is 272 g/mol. The molecule has 0 saturated carbocycles. The Morgan fingerprint density at radius 1 is 1.20 bits per heavy atom.